The number of carbonyl (C=O) groups excluding carboxylic acids is 2. The number of hydrogen-bond acceptors (Lipinski definition) is 3. The molecule has 0 aromatic carbocycles. The lowest BCUT2D eigenvalue weighted by molar-refractivity contribution is -0.126. The molecule has 0 saturated carbocycles. The van der Waals surface area contributed by atoms with Gasteiger partial charge in [-0.1, -0.05) is 0 Å². The average Bonchev–Trinajstić information content (AvgIpc) is 2.73. The van der Waals surface area contributed by atoms with Gasteiger partial charge in [-0.2, -0.15) is 0 Å². The van der Waals surface area contributed by atoms with E-state index in [2.05, 4.69) is 10.6 Å². The van der Waals surface area contributed by atoms with Crippen molar-refractivity contribution < 1.29 is 9.59 Å². The SMILES string of the molecule is CCNC(=O)C(C)NC(=O)/C=C/c1ccc(C)s1. The van der Waals surface area contributed by atoms with E-state index in [1.165, 1.54) is 11.0 Å². The molecule has 1 unspecified atom stereocenters. The first kappa shape index (κ1) is 14.4. The van der Waals surface area contributed by atoms with E-state index in [1.807, 2.05) is 26.0 Å². The molecule has 0 saturated heterocycles. The van der Waals surface area contributed by atoms with Crippen LogP contribution >= 0.6 is 11.3 Å². The van der Waals surface area contributed by atoms with Crippen molar-refractivity contribution in [2.45, 2.75) is 26.8 Å². The first-order valence-corrected chi connectivity index (χ1v) is 6.67. The minimum absolute atomic E-state index is 0.175. The smallest absolute Gasteiger partial charge is 0.244 e. The molecule has 1 atom stereocenters. The number of nitrogens with one attached hydrogen (secondary N) is 2. The van der Waals surface area contributed by atoms with Gasteiger partial charge >= 0.3 is 0 Å². The molecule has 0 fully saturated rings. The standard InChI is InChI=1S/C13H18N2O2S/c1-4-14-13(17)10(3)15-12(16)8-7-11-6-5-9(2)18-11/h5-8,10H,4H2,1-3H3,(H,14,17)(H,15,16)/b8-7+. The lowest BCUT2D eigenvalue weighted by Crippen LogP contribution is -2.44. The Hall–Kier alpha value is -1.62. The third-order valence-electron chi connectivity index (χ3n) is 2.26. The molecule has 0 aliphatic rings. The van der Waals surface area contributed by atoms with E-state index in [9.17, 15) is 9.59 Å². The van der Waals surface area contributed by atoms with Crippen LogP contribution in [-0.4, -0.2) is 24.4 Å². The van der Waals surface area contributed by atoms with Crippen molar-refractivity contribution in [2.75, 3.05) is 6.54 Å². The third kappa shape index (κ3) is 4.71. The van der Waals surface area contributed by atoms with Gasteiger partial charge in [-0.3, -0.25) is 9.59 Å². The van der Waals surface area contributed by atoms with Gasteiger partial charge in [0.2, 0.25) is 11.8 Å². The van der Waals surface area contributed by atoms with Crippen molar-refractivity contribution >= 4 is 29.2 Å². The van der Waals surface area contributed by atoms with E-state index in [4.69, 9.17) is 0 Å². The largest absolute Gasteiger partial charge is 0.355 e. The van der Waals surface area contributed by atoms with Crippen LogP contribution in [0.5, 0.6) is 0 Å². The molecule has 2 amide bonds. The maximum Gasteiger partial charge on any atom is 0.244 e. The molecule has 18 heavy (non-hydrogen) atoms. The summed E-state index contributed by atoms with van der Waals surface area (Å²) in [4.78, 5) is 25.2. The lowest BCUT2D eigenvalue weighted by atomic mass is 10.3. The lowest BCUT2D eigenvalue weighted by Gasteiger charge is -2.11. The van der Waals surface area contributed by atoms with Gasteiger partial charge in [0.05, 0.1) is 0 Å². The zero-order valence-electron chi connectivity index (χ0n) is 10.8. The second-order valence-electron chi connectivity index (χ2n) is 3.91. The molecule has 4 nitrogen and oxygen atoms in total. The third-order valence-corrected chi connectivity index (χ3v) is 3.23. The Morgan fingerprint density at radius 3 is 2.72 bits per heavy atom. The molecule has 0 radical (unpaired) electrons. The molecule has 1 aromatic rings. The first-order chi connectivity index (χ1) is 8.52. The van der Waals surface area contributed by atoms with Gasteiger partial charge < -0.3 is 10.6 Å². The Bertz CT molecular complexity index is 452. The Labute approximate surface area is 111 Å². The molecule has 0 spiro atoms. The Balaban J connectivity index is 2.46. The predicted molar refractivity (Wildman–Crippen MR) is 74.4 cm³/mol. The maximum atomic E-state index is 11.6. The highest BCUT2D eigenvalue weighted by Crippen LogP contribution is 2.16. The van der Waals surface area contributed by atoms with Crippen molar-refractivity contribution in [2.24, 2.45) is 0 Å². The van der Waals surface area contributed by atoms with Gasteiger partial charge in [0.25, 0.3) is 0 Å². The predicted octanol–water partition coefficient (Wildman–Crippen LogP) is 1.71. The molecule has 0 bridgehead atoms. The van der Waals surface area contributed by atoms with Crippen LogP contribution in [0.15, 0.2) is 18.2 Å². The first-order valence-electron chi connectivity index (χ1n) is 5.85. The van der Waals surface area contributed by atoms with E-state index in [0.717, 1.165) is 4.88 Å². The summed E-state index contributed by atoms with van der Waals surface area (Å²) in [5.41, 5.74) is 0. The van der Waals surface area contributed by atoms with E-state index in [1.54, 1.807) is 24.3 Å². The van der Waals surface area contributed by atoms with Gasteiger partial charge in [-0.15, -0.1) is 11.3 Å². The van der Waals surface area contributed by atoms with Gasteiger partial charge in [0, 0.05) is 22.4 Å². The molecule has 2 N–H and O–H groups in total. The van der Waals surface area contributed by atoms with Crippen molar-refractivity contribution in [3.05, 3.63) is 28.0 Å². The fourth-order valence-corrected chi connectivity index (χ4v) is 2.14. The van der Waals surface area contributed by atoms with Crippen molar-refractivity contribution in [3.63, 3.8) is 0 Å². The molecule has 5 heteroatoms. The van der Waals surface area contributed by atoms with Crippen LogP contribution in [0, 0.1) is 6.92 Å². The molecular weight excluding hydrogens is 248 g/mol. The average molecular weight is 266 g/mol. The summed E-state index contributed by atoms with van der Waals surface area (Å²) in [5, 5.41) is 5.26. The number of rotatable bonds is 5. The molecule has 1 aromatic heterocycles. The number of carbonyl (C=O) groups is 2. The van der Waals surface area contributed by atoms with Gasteiger partial charge in [-0.25, -0.2) is 0 Å². The van der Waals surface area contributed by atoms with Crippen molar-refractivity contribution in [3.8, 4) is 0 Å². The fourth-order valence-electron chi connectivity index (χ4n) is 1.36. The second-order valence-corrected chi connectivity index (χ2v) is 5.23. The fraction of sp³-hybridized carbons (Fsp3) is 0.385. The highest BCUT2D eigenvalue weighted by Gasteiger charge is 2.12. The number of thiophene rings is 1. The van der Waals surface area contributed by atoms with E-state index in [0.29, 0.717) is 6.54 Å². The molecular formula is C13H18N2O2S. The van der Waals surface area contributed by atoms with Crippen LogP contribution in [0.4, 0.5) is 0 Å². The summed E-state index contributed by atoms with van der Waals surface area (Å²) in [6.07, 6.45) is 3.19. The summed E-state index contributed by atoms with van der Waals surface area (Å²) < 4.78 is 0. The number of aryl methyl sites for hydroxylation is 1. The quantitative estimate of drug-likeness (QED) is 0.797. The monoisotopic (exact) mass is 266 g/mol. The highest BCUT2D eigenvalue weighted by molar-refractivity contribution is 7.12. The van der Waals surface area contributed by atoms with Crippen LogP contribution in [-0.2, 0) is 9.59 Å². The van der Waals surface area contributed by atoms with E-state index >= 15 is 0 Å². The molecule has 0 aliphatic carbocycles. The minimum atomic E-state index is -0.521. The van der Waals surface area contributed by atoms with Crippen LogP contribution in [0.3, 0.4) is 0 Å². The zero-order chi connectivity index (χ0) is 13.5. The Kier molecular flexibility index (Phi) is 5.58. The number of likely N-dealkylation sites (N-methyl/N-ethyl adjacent to an activating group) is 1. The topological polar surface area (TPSA) is 58.2 Å². The van der Waals surface area contributed by atoms with Gasteiger partial charge in [0.15, 0.2) is 0 Å². The normalized spacial score (nSPS) is 12.4. The highest BCUT2D eigenvalue weighted by atomic mass is 32.1. The summed E-state index contributed by atoms with van der Waals surface area (Å²) in [6, 6.07) is 3.43. The summed E-state index contributed by atoms with van der Waals surface area (Å²) in [5.74, 6) is -0.439. The number of hydrogen-bond donors (Lipinski definition) is 2. The van der Waals surface area contributed by atoms with Crippen molar-refractivity contribution in [1.82, 2.24) is 10.6 Å². The molecule has 1 rings (SSSR count). The van der Waals surface area contributed by atoms with Crippen LogP contribution in [0.25, 0.3) is 6.08 Å². The second kappa shape index (κ2) is 6.96. The summed E-state index contributed by atoms with van der Waals surface area (Å²) >= 11 is 1.62. The summed E-state index contributed by atoms with van der Waals surface area (Å²) in [6.45, 7) is 6.07. The van der Waals surface area contributed by atoms with Crippen LogP contribution in [0.2, 0.25) is 0 Å². The zero-order valence-corrected chi connectivity index (χ0v) is 11.6. The van der Waals surface area contributed by atoms with E-state index in [-0.39, 0.29) is 11.8 Å². The maximum absolute atomic E-state index is 11.6. The Morgan fingerprint density at radius 2 is 2.17 bits per heavy atom. The minimum Gasteiger partial charge on any atom is -0.355 e. The van der Waals surface area contributed by atoms with Crippen LogP contribution < -0.4 is 10.6 Å². The number of amides is 2. The van der Waals surface area contributed by atoms with Crippen molar-refractivity contribution in [1.29, 1.82) is 0 Å². The van der Waals surface area contributed by atoms with Gasteiger partial charge in [-0.05, 0) is 39.0 Å². The summed E-state index contributed by atoms with van der Waals surface area (Å²) in [7, 11) is 0. The molecule has 1 heterocycles. The molecule has 0 aliphatic heterocycles. The van der Waals surface area contributed by atoms with E-state index < -0.39 is 6.04 Å². The van der Waals surface area contributed by atoms with Crippen LogP contribution in [0.1, 0.15) is 23.6 Å². The van der Waals surface area contributed by atoms with Gasteiger partial charge in [0.1, 0.15) is 6.04 Å². The molecule has 98 valence electrons. The Morgan fingerprint density at radius 1 is 1.44 bits per heavy atom.